The van der Waals surface area contributed by atoms with Crippen LogP contribution in [0.15, 0.2) is 35.6 Å². The normalized spacial score (nSPS) is 11.2. The van der Waals surface area contributed by atoms with Gasteiger partial charge in [-0.2, -0.15) is 8.78 Å². The fourth-order valence-electron chi connectivity index (χ4n) is 2.44. The number of benzene rings is 1. The van der Waals surface area contributed by atoms with Crippen LogP contribution in [-0.2, 0) is 5.75 Å². The molecule has 1 aromatic carbocycles. The van der Waals surface area contributed by atoms with Gasteiger partial charge >= 0.3 is 6.61 Å². The van der Waals surface area contributed by atoms with Gasteiger partial charge in [-0.15, -0.1) is 0 Å². The molecule has 6 nitrogen and oxygen atoms in total. The Morgan fingerprint density at radius 3 is 2.84 bits per heavy atom. The van der Waals surface area contributed by atoms with Gasteiger partial charge in [0.05, 0.1) is 23.8 Å². The second-order valence-corrected chi connectivity index (χ2v) is 6.13. The summed E-state index contributed by atoms with van der Waals surface area (Å²) in [6, 6.07) is 6.33. The first-order valence-electron chi connectivity index (χ1n) is 7.33. The number of nitrogens with two attached hydrogens (primary N) is 1. The average molecular weight is 366 g/mol. The van der Waals surface area contributed by atoms with E-state index in [1.165, 1.54) is 28.6 Å². The molecule has 9 heteroatoms. The molecule has 0 unspecified atom stereocenters. The molecular weight excluding hydrogens is 350 g/mol. The molecule has 2 N–H and O–H groups in total. The summed E-state index contributed by atoms with van der Waals surface area (Å²) >= 11 is 1.38. The SMILES string of the molecule is COc1c(C)ccnc1CSc1nc2ccc(OC(F)F)cc2n1N. The molecule has 0 bridgehead atoms. The Hall–Kier alpha value is -2.55. The van der Waals surface area contributed by atoms with Gasteiger partial charge in [0.1, 0.15) is 11.5 Å². The number of thioether (sulfide) groups is 1. The summed E-state index contributed by atoms with van der Waals surface area (Å²) in [5, 5.41) is 0.537. The lowest BCUT2D eigenvalue weighted by Crippen LogP contribution is -2.09. The van der Waals surface area contributed by atoms with Crippen LogP contribution in [-0.4, -0.2) is 28.4 Å². The molecule has 0 fully saturated rings. The van der Waals surface area contributed by atoms with Gasteiger partial charge in [-0.05, 0) is 30.7 Å². The second-order valence-electron chi connectivity index (χ2n) is 5.19. The van der Waals surface area contributed by atoms with Crippen molar-refractivity contribution in [1.29, 1.82) is 0 Å². The van der Waals surface area contributed by atoms with Crippen molar-refractivity contribution in [1.82, 2.24) is 14.6 Å². The third-order valence-electron chi connectivity index (χ3n) is 3.57. The van der Waals surface area contributed by atoms with Crippen LogP contribution in [0.5, 0.6) is 11.5 Å². The Morgan fingerprint density at radius 2 is 2.12 bits per heavy atom. The van der Waals surface area contributed by atoms with E-state index >= 15 is 0 Å². The highest BCUT2D eigenvalue weighted by Gasteiger charge is 2.14. The molecule has 0 amide bonds. The maximum absolute atomic E-state index is 12.3. The molecule has 0 aliphatic rings. The number of aromatic nitrogens is 3. The van der Waals surface area contributed by atoms with E-state index in [0.29, 0.717) is 21.9 Å². The Labute approximate surface area is 146 Å². The molecule has 25 heavy (non-hydrogen) atoms. The third kappa shape index (κ3) is 3.60. The zero-order chi connectivity index (χ0) is 18.0. The molecule has 2 aromatic heterocycles. The van der Waals surface area contributed by atoms with Crippen molar-refractivity contribution in [2.75, 3.05) is 13.0 Å². The maximum atomic E-state index is 12.3. The van der Waals surface area contributed by atoms with E-state index in [2.05, 4.69) is 14.7 Å². The second kappa shape index (κ2) is 7.14. The van der Waals surface area contributed by atoms with E-state index in [9.17, 15) is 8.78 Å². The van der Waals surface area contributed by atoms with Crippen LogP contribution >= 0.6 is 11.8 Å². The van der Waals surface area contributed by atoms with Crippen molar-refractivity contribution in [2.24, 2.45) is 0 Å². The first kappa shape index (κ1) is 17.3. The topological polar surface area (TPSA) is 75.2 Å². The minimum absolute atomic E-state index is 0.0349. The Balaban J connectivity index is 1.85. The highest BCUT2D eigenvalue weighted by Crippen LogP contribution is 2.30. The van der Waals surface area contributed by atoms with Gasteiger partial charge in [-0.3, -0.25) is 4.98 Å². The van der Waals surface area contributed by atoms with E-state index < -0.39 is 6.61 Å². The lowest BCUT2D eigenvalue weighted by molar-refractivity contribution is -0.0497. The summed E-state index contributed by atoms with van der Waals surface area (Å²) in [6.07, 6.45) is 1.72. The molecule has 0 spiro atoms. The summed E-state index contributed by atoms with van der Waals surface area (Å²) in [6.45, 7) is -0.947. The van der Waals surface area contributed by atoms with Crippen LogP contribution in [0.2, 0.25) is 0 Å². The lowest BCUT2D eigenvalue weighted by atomic mass is 10.2. The number of pyridine rings is 1. The highest BCUT2D eigenvalue weighted by atomic mass is 32.2. The highest BCUT2D eigenvalue weighted by molar-refractivity contribution is 7.98. The van der Waals surface area contributed by atoms with Crippen LogP contribution in [0, 0.1) is 6.92 Å². The smallest absolute Gasteiger partial charge is 0.387 e. The summed E-state index contributed by atoms with van der Waals surface area (Å²) in [4.78, 5) is 8.74. The number of methoxy groups -OCH3 is 1. The molecule has 0 aliphatic heterocycles. The Morgan fingerprint density at radius 1 is 1.32 bits per heavy atom. The van der Waals surface area contributed by atoms with Crippen LogP contribution in [0.4, 0.5) is 8.78 Å². The van der Waals surface area contributed by atoms with Crippen molar-refractivity contribution in [3.05, 3.63) is 41.7 Å². The predicted molar refractivity (Wildman–Crippen MR) is 91.6 cm³/mol. The fourth-order valence-corrected chi connectivity index (χ4v) is 3.32. The molecule has 0 aliphatic carbocycles. The number of alkyl halides is 2. The Kier molecular flexibility index (Phi) is 4.93. The van der Waals surface area contributed by atoms with Gasteiger partial charge < -0.3 is 15.3 Å². The summed E-state index contributed by atoms with van der Waals surface area (Å²) < 4.78 is 35.8. The van der Waals surface area contributed by atoms with Crippen molar-refractivity contribution in [3.63, 3.8) is 0 Å². The molecule has 0 atom stereocenters. The Bertz CT molecular complexity index is 901. The number of aryl methyl sites for hydroxylation is 1. The maximum Gasteiger partial charge on any atom is 0.387 e. The zero-order valence-corrected chi connectivity index (χ0v) is 14.4. The minimum Gasteiger partial charge on any atom is -0.495 e. The number of hydrogen-bond donors (Lipinski definition) is 1. The number of imidazole rings is 1. The minimum atomic E-state index is -2.89. The van der Waals surface area contributed by atoms with Crippen LogP contribution < -0.4 is 15.3 Å². The fraction of sp³-hybridized carbons (Fsp3) is 0.250. The van der Waals surface area contributed by atoms with Crippen molar-refractivity contribution >= 4 is 22.8 Å². The first-order chi connectivity index (χ1) is 12.0. The zero-order valence-electron chi connectivity index (χ0n) is 13.6. The monoisotopic (exact) mass is 366 g/mol. The van der Waals surface area contributed by atoms with Crippen LogP contribution in [0.1, 0.15) is 11.3 Å². The largest absolute Gasteiger partial charge is 0.495 e. The molecule has 0 radical (unpaired) electrons. The van der Waals surface area contributed by atoms with E-state index in [1.807, 2.05) is 13.0 Å². The van der Waals surface area contributed by atoms with E-state index in [-0.39, 0.29) is 5.75 Å². The van der Waals surface area contributed by atoms with Crippen molar-refractivity contribution in [3.8, 4) is 11.5 Å². The van der Waals surface area contributed by atoms with Gasteiger partial charge in [0.25, 0.3) is 0 Å². The number of halogens is 2. The van der Waals surface area contributed by atoms with Crippen LogP contribution in [0.25, 0.3) is 11.0 Å². The number of nitrogen functional groups attached to an aromatic ring is 1. The van der Waals surface area contributed by atoms with Gasteiger partial charge in [0.2, 0.25) is 0 Å². The van der Waals surface area contributed by atoms with E-state index in [0.717, 1.165) is 17.0 Å². The standard InChI is InChI=1S/C16H16F2N4O2S/c1-9-5-6-20-12(14(9)23-2)8-25-16-21-11-4-3-10(24-15(17)18)7-13(11)22(16)19/h3-7,15H,8,19H2,1-2H3. The summed E-state index contributed by atoms with van der Waals surface area (Å²) in [5.74, 6) is 7.31. The first-order valence-corrected chi connectivity index (χ1v) is 8.32. The molecule has 3 aromatic rings. The number of ether oxygens (including phenoxy) is 2. The predicted octanol–water partition coefficient (Wildman–Crippen LogP) is 3.36. The van der Waals surface area contributed by atoms with E-state index in [1.54, 1.807) is 19.4 Å². The average Bonchev–Trinajstić information content (AvgIpc) is 2.88. The van der Waals surface area contributed by atoms with Crippen LogP contribution in [0.3, 0.4) is 0 Å². The quantitative estimate of drug-likeness (QED) is 0.533. The lowest BCUT2D eigenvalue weighted by Gasteiger charge is -2.09. The van der Waals surface area contributed by atoms with Gasteiger partial charge in [0.15, 0.2) is 5.16 Å². The molecule has 2 heterocycles. The number of fused-ring (bicyclic) bond motifs is 1. The number of hydrogen-bond acceptors (Lipinski definition) is 6. The van der Waals surface area contributed by atoms with Crippen molar-refractivity contribution < 1.29 is 18.3 Å². The number of nitrogens with zero attached hydrogens (tertiary/aromatic N) is 3. The van der Waals surface area contributed by atoms with Gasteiger partial charge in [-0.1, -0.05) is 11.8 Å². The third-order valence-corrected chi connectivity index (χ3v) is 4.53. The summed E-state index contributed by atoms with van der Waals surface area (Å²) in [5.41, 5.74) is 2.87. The molecule has 3 rings (SSSR count). The molecule has 132 valence electrons. The molecule has 0 saturated carbocycles. The van der Waals surface area contributed by atoms with Gasteiger partial charge in [-0.25, -0.2) is 9.66 Å². The molecular formula is C16H16F2N4O2S. The molecule has 0 saturated heterocycles. The van der Waals surface area contributed by atoms with Crippen molar-refractivity contribution in [2.45, 2.75) is 24.4 Å². The number of rotatable bonds is 6. The summed E-state index contributed by atoms with van der Waals surface area (Å²) in [7, 11) is 1.60. The van der Waals surface area contributed by atoms with E-state index in [4.69, 9.17) is 10.6 Å². The van der Waals surface area contributed by atoms with Gasteiger partial charge in [0, 0.05) is 18.0 Å².